The first-order valence-electron chi connectivity index (χ1n) is 11.7. The Morgan fingerprint density at radius 3 is 2.62 bits per heavy atom. The van der Waals surface area contributed by atoms with Gasteiger partial charge in [-0.25, -0.2) is 0 Å². The molecule has 6 rings (SSSR count). The van der Waals surface area contributed by atoms with Gasteiger partial charge in [-0.15, -0.1) is 0 Å². The van der Waals surface area contributed by atoms with Crippen molar-refractivity contribution in [2.75, 3.05) is 14.2 Å². The second kappa shape index (κ2) is 8.44. The number of rotatable bonds is 4. The number of hydrogen-bond acceptors (Lipinski definition) is 7. The summed E-state index contributed by atoms with van der Waals surface area (Å²) in [7, 11) is 5.01. The van der Waals surface area contributed by atoms with Gasteiger partial charge in [-0.1, -0.05) is 6.07 Å². The highest BCUT2D eigenvalue weighted by molar-refractivity contribution is 6.15. The number of methoxy groups -OCH3 is 2. The van der Waals surface area contributed by atoms with Crippen LogP contribution in [0.1, 0.15) is 39.4 Å². The molecule has 0 radical (unpaired) electrons. The Labute approximate surface area is 212 Å². The molecule has 2 aliphatic rings. The average Bonchev–Trinajstić information content (AvgIpc) is 3.38. The van der Waals surface area contributed by atoms with E-state index in [-0.39, 0.29) is 23.7 Å². The predicted octanol–water partition coefficient (Wildman–Crippen LogP) is 4.96. The first kappa shape index (κ1) is 22.7. The Morgan fingerprint density at radius 1 is 1.03 bits per heavy atom. The fourth-order valence-corrected chi connectivity index (χ4v) is 5.10. The molecule has 8 heteroatoms. The third kappa shape index (κ3) is 3.60. The zero-order valence-corrected chi connectivity index (χ0v) is 20.4. The molecule has 3 aromatic carbocycles. The molecular weight excluding hydrogens is 474 g/mol. The largest absolute Gasteiger partial charge is 0.504 e. The van der Waals surface area contributed by atoms with Gasteiger partial charge in [0.05, 0.1) is 26.2 Å². The molecule has 0 amide bonds. The number of esters is 1. The zero-order chi connectivity index (χ0) is 25.8. The van der Waals surface area contributed by atoms with Crippen molar-refractivity contribution in [1.29, 1.82) is 0 Å². The molecule has 1 N–H and O–H groups in total. The third-order valence-electron chi connectivity index (χ3n) is 6.90. The van der Waals surface area contributed by atoms with Gasteiger partial charge in [0.15, 0.2) is 17.3 Å². The maximum atomic E-state index is 13.4. The van der Waals surface area contributed by atoms with Crippen molar-refractivity contribution in [2.45, 2.75) is 12.3 Å². The monoisotopic (exact) mass is 497 g/mol. The highest BCUT2D eigenvalue weighted by Gasteiger charge is 2.38. The van der Waals surface area contributed by atoms with Gasteiger partial charge < -0.3 is 28.6 Å². The van der Waals surface area contributed by atoms with E-state index >= 15 is 0 Å². The lowest BCUT2D eigenvalue weighted by molar-refractivity contribution is -0.135. The average molecular weight is 498 g/mol. The van der Waals surface area contributed by atoms with E-state index in [1.165, 1.54) is 7.11 Å². The van der Waals surface area contributed by atoms with Crippen molar-refractivity contribution in [1.82, 2.24) is 4.57 Å². The summed E-state index contributed by atoms with van der Waals surface area (Å²) >= 11 is 0. The lowest BCUT2D eigenvalue weighted by Crippen LogP contribution is -2.21. The fraction of sp³-hybridized carbons (Fsp3) is 0.172. The Morgan fingerprint density at radius 2 is 1.86 bits per heavy atom. The number of ketones is 1. The maximum Gasteiger partial charge on any atom is 0.312 e. The number of carbonyl (C=O) groups excluding carboxylic acids is 2. The van der Waals surface area contributed by atoms with Crippen molar-refractivity contribution < 1.29 is 33.6 Å². The van der Waals surface area contributed by atoms with Gasteiger partial charge in [-0.2, -0.15) is 0 Å². The summed E-state index contributed by atoms with van der Waals surface area (Å²) in [5.41, 5.74) is 3.46. The van der Waals surface area contributed by atoms with Gasteiger partial charge >= 0.3 is 5.97 Å². The number of aryl methyl sites for hydroxylation is 1. The Kier molecular flexibility index (Phi) is 5.19. The molecule has 0 saturated carbocycles. The summed E-state index contributed by atoms with van der Waals surface area (Å²) in [6, 6.07) is 14.0. The Hall–Kier alpha value is -4.72. The number of phenols is 1. The lowest BCUT2D eigenvalue weighted by atomic mass is 9.84. The molecule has 1 atom stereocenters. The first-order chi connectivity index (χ1) is 17.9. The highest BCUT2D eigenvalue weighted by Crippen LogP contribution is 2.49. The molecule has 1 unspecified atom stereocenters. The van der Waals surface area contributed by atoms with Crippen molar-refractivity contribution >= 4 is 28.7 Å². The van der Waals surface area contributed by atoms with E-state index in [1.807, 2.05) is 36.0 Å². The summed E-state index contributed by atoms with van der Waals surface area (Å²) < 4.78 is 24.2. The van der Waals surface area contributed by atoms with Crippen LogP contribution in [0.5, 0.6) is 28.7 Å². The Balaban J connectivity index is 1.46. The van der Waals surface area contributed by atoms with Crippen LogP contribution in [-0.2, 0) is 11.8 Å². The van der Waals surface area contributed by atoms with Crippen LogP contribution in [0.4, 0.5) is 0 Å². The smallest absolute Gasteiger partial charge is 0.312 e. The normalized spacial score (nSPS) is 17.4. The molecule has 0 saturated heterocycles. The van der Waals surface area contributed by atoms with E-state index in [0.717, 1.165) is 16.5 Å². The minimum Gasteiger partial charge on any atom is -0.504 e. The summed E-state index contributed by atoms with van der Waals surface area (Å²) in [5.74, 6) is 0.717. The van der Waals surface area contributed by atoms with E-state index in [0.29, 0.717) is 39.7 Å². The highest BCUT2D eigenvalue weighted by atomic mass is 16.5. The van der Waals surface area contributed by atoms with Crippen LogP contribution in [-0.4, -0.2) is 35.6 Å². The van der Waals surface area contributed by atoms with Crippen LogP contribution >= 0.6 is 0 Å². The van der Waals surface area contributed by atoms with E-state index in [9.17, 15) is 14.7 Å². The molecule has 186 valence electrons. The van der Waals surface area contributed by atoms with E-state index in [2.05, 4.69) is 0 Å². The van der Waals surface area contributed by atoms with E-state index in [4.69, 9.17) is 18.9 Å². The number of fused-ring (bicyclic) bond motifs is 4. The number of aromatic nitrogens is 1. The summed E-state index contributed by atoms with van der Waals surface area (Å²) in [6.45, 7) is 0. The molecule has 8 nitrogen and oxygen atoms in total. The van der Waals surface area contributed by atoms with Gasteiger partial charge in [0, 0.05) is 41.2 Å². The van der Waals surface area contributed by atoms with E-state index in [1.54, 1.807) is 43.5 Å². The molecule has 37 heavy (non-hydrogen) atoms. The second-order valence-electron chi connectivity index (χ2n) is 9.03. The number of ether oxygens (including phenoxy) is 4. The minimum absolute atomic E-state index is 0.0366. The third-order valence-corrected chi connectivity index (χ3v) is 6.90. The zero-order valence-electron chi connectivity index (χ0n) is 20.4. The van der Waals surface area contributed by atoms with Crippen LogP contribution in [0.3, 0.4) is 0 Å². The second-order valence-corrected chi connectivity index (χ2v) is 9.03. The number of Topliss-reactive ketones (excluding diaryl/α,β-unsaturated/α-hetero) is 1. The number of aromatic hydroxyl groups is 1. The van der Waals surface area contributed by atoms with Gasteiger partial charge in [0.1, 0.15) is 17.2 Å². The van der Waals surface area contributed by atoms with Crippen LogP contribution in [0.15, 0.2) is 60.5 Å². The standard InChI is InChI=1S/C29H23NO7/c1-30-14-16(19-12-17(34-2)5-7-21(19)30)11-25-28(33)18-6-9-24-27(29(18)37-25)20(13-26(32)36-24)15-4-8-23(35-3)22(31)10-15/h4-12,14,20,31H,13H2,1-3H3/b25-11-. The van der Waals surface area contributed by atoms with Crippen molar-refractivity contribution in [3.63, 3.8) is 0 Å². The number of hydrogen-bond donors (Lipinski definition) is 1. The minimum atomic E-state index is -0.475. The summed E-state index contributed by atoms with van der Waals surface area (Å²) in [5, 5.41) is 11.3. The Bertz CT molecular complexity index is 1650. The maximum absolute atomic E-state index is 13.4. The predicted molar refractivity (Wildman–Crippen MR) is 136 cm³/mol. The molecule has 0 spiro atoms. The molecule has 4 aromatic rings. The van der Waals surface area contributed by atoms with Crippen LogP contribution in [0.25, 0.3) is 17.0 Å². The number of phenolic OH excluding ortho intramolecular Hbond substituents is 1. The molecule has 2 aliphatic heterocycles. The number of benzene rings is 3. The molecule has 0 fully saturated rings. The summed E-state index contributed by atoms with van der Waals surface area (Å²) in [4.78, 5) is 25.8. The quantitative estimate of drug-likeness (QED) is 0.242. The number of carbonyl (C=O) groups is 2. The van der Waals surface area contributed by atoms with Gasteiger partial charge in [-0.05, 0) is 54.1 Å². The molecule has 3 heterocycles. The van der Waals surface area contributed by atoms with Crippen molar-refractivity contribution in [3.05, 3.63) is 82.7 Å². The van der Waals surface area contributed by atoms with Crippen LogP contribution < -0.4 is 18.9 Å². The summed E-state index contributed by atoms with van der Waals surface area (Å²) in [6.07, 6.45) is 3.69. The van der Waals surface area contributed by atoms with Gasteiger partial charge in [0.25, 0.3) is 0 Å². The first-order valence-corrected chi connectivity index (χ1v) is 11.7. The SMILES string of the molecule is COc1ccc2c(c1)c(/C=C1\Oc3c(ccc4c3C(c3ccc(OC)c(O)c3)CC(=O)O4)C1=O)cn2C. The molecular formula is C29H23NO7. The molecule has 0 bridgehead atoms. The van der Waals surface area contributed by atoms with Crippen molar-refractivity contribution in [3.8, 4) is 28.7 Å². The molecule has 0 aliphatic carbocycles. The van der Waals surface area contributed by atoms with Gasteiger partial charge in [-0.3, -0.25) is 9.59 Å². The van der Waals surface area contributed by atoms with Crippen LogP contribution in [0, 0.1) is 0 Å². The fourth-order valence-electron chi connectivity index (χ4n) is 5.10. The lowest BCUT2D eigenvalue weighted by Gasteiger charge is -2.26. The van der Waals surface area contributed by atoms with Crippen molar-refractivity contribution in [2.24, 2.45) is 7.05 Å². The number of nitrogens with zero attached hydrogens (tertiary/aromatic N) is 1. The topological polar surface area (TPSA) is 96.2 Å². The van der Waals surface area contributed by atoms with Gasteiger partial charge in [0.2, 0.25) is 5.78 Å². The van der Waals surface area contributed by atoms with E-state index < -0.39 is 11.9 Å². The van der Waals surface area contributed by atoms with Crippen LogP contribution in [0.2, 0.25) is 0 Å². The molecule has 1 aromatic heterocycles. The number of allylic oxidation sites excluding steroid dienone is 1.